The minimum atomic E-state index is -3.67. The molecule has 2 heterocycles. The number of benzene rings is 4. The second-order valence-electron chi connectivity index (χ2n) is 11.5. The van der Waals surface area contributed by atoms with E-state index in [0.717, 1.165) is 52.3 Å². The van der Waals surface area contributed by atoms with Crippen molar-refractivity contribution in [2.24, 2.45) is 4.99 Å². The van der Waals surface area contributed by atoms with Gasteiger partial charge < -0.3 is 34.3 Å². The molecule has 0 amide bonds. The molecule has 0 saturated carbocycles. The number of phenols is 1. The third kappa shape index (κ3) is 11.9. The Morgan fingerprint density at radius 3 is 2.04 bits per heavy atom. The fraction of sp³-hybridized carbons (Fsp3) is 0.263. The van der Waals surface area contributed by atoms with Crippen LogP contribution in [0.4, 0.5) is 11.4 Å². The van der Waals surface area contributed by atoms with E-state index in [4.69, 9.17) is 23.5 Å². The lowest BCUT2D eigenvalue weighted by Gasteiger charge is -2.25. The van der Waals surface area contributed by atoms with Crippen LogP contribution >= 0.6 is 12.4 Å². The highest BCUT2D eigenvalue weighted by Gasteiger charge is 2.15. The Labute approximate surface area is 311 Å². The molecule has 52 heavy (non-hydrogen) atoms. The molecule has 0 saturated heterocycles. The number of hydrogen-bond acceptors (Lipinski definition) is 11. The molecule has 6 rings (SSSR count). The number of aromatic hydroxyl groups is 1. The minimum absolute atomic E-state index is 0. The van der Waals surface area contributed by atoms with E-state index in [9.17, 15) is 13.5 Å². The number of phenolic OH excluding ortho intramolecular Hbond substituents is 1. The Morgan fingerprint density at radius 2 is 1.44 bits per heavy atom. The van der Waals surface area contributed by atoms with E-state index in [1.165, 1.54) is 5.56 Å². The molecule has 12 nitrogen and oxygen atoms in total. The van der Waals surface area contributed by atoms with Gasteiger partial charge in [-0.25, -0.2) is 0 Å². The van der Waals surface area contributed by atoms with Gasteiger partial charge in [-0.1, -0.05) is 29.8 Å². The monoisotopic (exact) mass is 752 g/mol. The summed E-state index contributed by atoms with van der Waals surface area (Å²) in [6.07, 6.45) is 3.20. The lowest BCUT2D eigenvalue weighted by Crippen LogP contribution is -2.32. The molecule has 3 N–H and O–H groups in total. The summed E-state index contributed by atoms with van der Waals surface area (Å²) >= 11 is 0. The van der Waals surface area contributed by atoms with Gasteiger partial charge in [0.15, 0.2) is 23.0 Å². The fourth-order valence-corrected chi connectivity index (χ4v) is 5.30. The lowest BCUT2D eigenvalue weighted by atomic mass is 10.0. The van der Waals surface area contributed by atoms with E-state index < -0.39 is 10.1 Å². The fourth-order valence-electron chi connectivity index (χ4n) is 5.30. The zero-order chi connectivity index (χ0) is 37.0. The van der Waals surface area contributed by atoms with Crippen LogP contribution in [0, 0.1) is 6.92 Å². The molecule has 1 aromatic heterocycles. The van der Waals surface area contributed by atoms with Crippen LogP contribution in [-0.4, -0.2) is 83.2 Å². The van der Waals surface area contributed by atoms with Gasteiger partial charge in [0.25, 0.3) is 10.1 Å². The predicted molar refractivity (Wildman–Crippen MR) is 209 cm³/mol. The highest BCUT2D eigenvalue weighted by Crippen LogP contribution is 2.35. The topological polar surface area (TPSA) is 152 Å². The molecule has 1 aliphatic rings. The van der Waals surface area contributed by atoms with Crippen LogP contribution in [0.3, 0.4) is 0 Å². The van der Waals surface area contributed by atoms with Crippen LogP contribution in [0.2, 0.25) is 0 Å². The van der Waals surface area contributed by atoms with Crippen molar-refractivity contribution < 1.29 is 37.0 Å². The van der Waals surface area contributed by atoms with E-state index >= 15 is 0 Å². The number of nitrogens with zero attached hydrogens (tertiary/aromatic N) is 3. The first-order valence-electron chi connectivity index (χ1n) is 16.0. The van der Waals surface area contributed by atoms with E-state index in [2.05, 4.69) is 51.4 Å². The number of hydrogen-bond donors (Lipinski definition) is 3. The molecule has 14 heteroatoms. The van der Waals surface area contributed by atoms with Crippen molar-refractivity contribution in [3.05, 3.63) is 108 Å². The molecule has 0 fully saturated rings. The SMILES string of the molecule is COc1ccc(Cc2nccc3cc(OC)c(OC)cc23)cc1OC.CS(=O)(=O)O.Cc1ccc(N(CC2=NCCN2)c2cccc(O)c2)cc1.Cl. The second kappa shape index (κ2) is 19.4. The summed E-state index contributed by atoms with van der Waals surface area (Å²) < 4.78 is 47.4. The maximum Gasteiger partial charge on any atom is 0.261 e. The summed E-state index contributed by atoms with van der Waals surface area (Å²) in [5, 5.41) is 15.1. The van der Waals surface area contributed by atoms with E-state index in [1.807, 2.05) is 54.7 Å². The number of nitrogens with one attached hydrogen (secondary N) is 1. The van der Waals surface area contributed by atoms with Crippen molar-refractivity contribution >= 4 is 50.5 Å². The Morgan fingerprint density at radius 1 is 0.808 bits per heavy atom. The van der Waals surface area contributed by atoms with E-state index in [1.54, 1.807) is 40.6 Å². The quantitative estimate of drug-likeness (QED) is 0.132. The standard InChI is InChI=1S/C20H21NO4.C17H19N3O.CH4O3S.ClH/c1-22-17-6-5-13(10-18(17)23-2)9-16-15-12-20(25-4)19(24-3)11-14(15)7-8-21-16;1-13-5-7-14(8-6-13)20(12-17-18-9-10-19-17)15-3-2-4-16(21)11-15;1-5(2,3)4;/h5-8,10-12H,9H2,1-4H3;2-8,11,21H,9-10,12H2,1H3,(H,18,19);1H3,(H,2,3,4);1H. The lowest BCUT2D eigenvalue weighted by molar-refractivity contribution is 0.354. The molecule has 0 radical (unpaired) electrons. The molecular formula is C38H45ClN4O8S. The summed E-state index contributed by atoms with van der Waals surface area (Å²) in [5.74, 6) is 4.07. The molecule has 5 aromatic rings. The number of rotatable bonds is 10. The summed E-state index contributed by atoms with van der Waals surface area (Å²) in [7, 11) is 2.86. The van der Waals surface area contributed by atoms with Crippen LogP contribution in [0.15, 0.2) is 96.1 Å². The van der Waals surface area contributed by atoms with Gasteiger partial charge in [0.05, 0.1) is 53.5 Å². The number of aromatic nitrogens is 1. The van der Waals surface area contributed by atoms with Gasteiger partial charge in [-0.05, 0) is 72.5 Å². The number of ether oxygens (including phenoxy) is 4. The van der Waals surface area contributed by atoms with Crippen LogP contribution in [0.25, 0.3) is 10.8 Å². The number of halogens is 1. The Hall–Kier alpha value is -5.24. The molecule has 0 aliphatic carbocycles. The predicted octanol–water partition coefficient (Wildman–Crippen LogP) is 6.63. The Bertz CT molecular complexity index is 2050. The van der Waals surface area contributed by atoms with Crippen LogP contribution in [0.1, 0.15) is 16.8 Å². The zero-order valence-electron chi connectivity index (χ0n) is 30.0. The van der Waals surface area contributed by atoms with E-state index in [-0.39, 0.29) is 18.2 Å². The van der Waals surface area contributed by atoms with Crippen LogP contribution in [-0.2, 0) is 16.5 Å². The summed E-state index contributed by atoms with van der Waals surface area (Å²) in [6.45, 7) is 4.48. The van der Waals surface area contributed by atoms with E-state index in [0.29, 0.717) is 42.2 Å². The maximum absolute atomic E-state index is 9.74. The van der Waals surface area contributed by atoms with Crippen molar-refractivity contribution in [2.75, 3.05) is 59.2 Å². The minimum Gasteiger partial charge on any atom is -0.508 e. The Kier molecular flexibility index (Phi) is 15.4. The third-order valence-electron chi connectivity index (χ3n) is 7.71. The average molecular weight is 753 g/mol. The zero-order valence-corrected chi connectivity index (χ0v) is 31.6. The smallest absolute Gasteiger partial charge is 0.261 e. The average Bonchev–Trinajstić information content (AvgIpc) is 3.63. The largest absolute Gasteiger partial charge is 0.508 e. The van der Waals surface area contributed by atoms with Gasteiger partial charge in [0.1, 0.15) is 11.6 Å². The number of anilines is 2. The summed E-state index contributed by atoms with van der Waals surface area (Å²) in [5.41, 5.74) is 5.32. The maximum atomic E-state index is 9.74. The first-order chi connectivity index (χ1) is 24.4. The summed E-state index contributed by atoms with van der Waals surface area (Å²) in [4.78, 5) is 11.2. The van der Waals surface area contributed by atoms with Gasteiger partial charge in [-0.3, -0.25) is 14.5 Å². The van der Waals surface area contributed by atoms with Gasteiger partial charge in [0, 0.05) is 42.0 Å². The van der Waals surface area contributed by atoms with Crippen LogP contribution in [0.5, 0.6) is 28.7 Å². The van der Waals surface area contributed by atoms with Gasteiger partial charge in [-0.2, -0.15) is 8.42 Å². The number of pyridine rings is 1. The number of fused-ring (bicyclic) bond motifs is 1. The highest BCUT2D eigenvalue weighted by atomic mass is 35.5. The van der Waals surface area contributed by atoms with Gasteiger partial charge in [-0.15, -0.1) is 12.4 Å². The van der Waals surface area contributed by atoms with Crippen molar-refractivity contribution in [3.63, 3.8) is 0 Å². The molecule has 0 spiro atoms. The van der Waals surface area contributed by atoms with Gasteiger partial charge >= 0.3 is 0 Å². The molecule has 0 atom stereocenters. The number of aryl methyl sites for hydroxylation is 1. The van der Waals surface area contributed by atoms with Crippen molar-refractivity contribution in [1.82, 2.24) is 10.3 Å². The second-order valence-corrected chi connectivity index (χ2v) is 12.9. The number of amidine groups is 1. The van der Waals surface area contributed by atoms with Crippen molar-refractivity contribution in [3.8, 4) is 28.7 Å². The molecule has 1 aliphatic heterocycles. The summed E-state index contributed by atoms with van der Waals surface area (Å²) in [6, 6.07) is 27.5. The normalized spacial score (nSPS) is 11.7. The molecule has 4 aromatic carbocycles. The number of methoxy groups -OCH3 is 4. The third-order valence-corrected chi connectivity index (χ3v) is 7.71. The first kappa shape index (κ1) is 41.2. The van der Waals surface area contributed by atoms with Crippen molar-refractivity contribution in [1.29, 1.82) is 0 Å². The highest BCUT2D eigenvalue weighted by molar-refractivity contribution is 7.85. The van der Waals surface area contributed by atoms with Crippen molar-refractivity contribution in [2.45, 2.75) is 13.3 Å². The van der Waals surface area contributed by atoms with Crippen LogP contribution < -0.4 is 29.2 Å². The molecule has 0 bridgehead atoms. The molecular weight excluding hydrogens is 708 g/mol. The van der Waals surface area contributed by atoms with Gasteiger partial charge in [0.2, 0.25) is 0 Å². The first-order valence-corrected chi connectivity index (χ1v) is 17.8. The molecule has 278 valence electrons. The molecule has 0 unspecified atom stereocenters. The number of aliphatic imine (C=N–C) groups is 1. The Balaban J connectivity index is 0.000000247.